The van der Waals surface area contributed by atoms with E-state index in [4.69, 9.17) is 0 Å². The number of rotatable bonds is 2. The Balaban J connectivity index is 2.09. The highest BCUT2D eigenvalue weighted by molar-refractivity contribution is 6.41. The predicted octanol–water partition coefficient (Wildman–Crippen LogP) is 8.54. The number of allylic oxidation sites excluding steroid dienone is 4. The van der Waals surface area contributed by atoms with Gasteiger partial charge in [-0.05, 0) is 19.1 Å². The summed E-state index contributed by atoms with van der Waals surface area (Å²) in [5.41, 5.74) is -28.3. The number of aliphatic imine (C=N–C) groups is 2. The molecule has 4 heterocycles. The standard InChI is InChI=1S/C30H5F15N10/c1-8-2-11(51-24(50-8)29(40,41)42)20-14(9(4-46)5-47)16-18(27(34,35)36)17-15(10(6-48)7-49)21(55-23(17)19(22(16)54-20)28(37,38)39)12-3-13(26(31,32)33)53-25(52-12)30(43,44)45/h2-3H,1H3. The van der Waals surface area contributed by atoms with Crippen LogP contribution >= 0.6 is 0 Å². The smallest absolute Gasteiger partial charge is 0.245 e. The van der Waals surface area contributed by atoms with Crippen LogP contribution in [0.2, 0.25) is 0 Å². The van der Waals surface area contributed by atoms with Gasteiger partial charge in [-0.15, -0.1) is 0 Å². The summed E-state index contributed by atoms with van der Waals surface area (Å²) in [6.45, 7) is 0.888. The Morgan fingerprint density at radius 2 is 0.873 bits per heavy atom. The van der Waals surface area contributed by atoms with Crippen molar-refractivity contribution in [3.63, 3.8) is 0 Å². The molecule has 2 aliphatic rings. The maximum atomic E-state index is 15.3. The lowest BCUT2D eigenvalue weighted by Gasteiger charge is -2.22. The van der Waals surface area contributed by atoms with Gasteiger partial charge in [0.05, 0.1) is 39.7 Å². The molecule has 3 aromatic rings. The summed E-state index contributed by atoms with van der Waals surface area (Å²) in [7, 11) is 0. The van der Waals surface area contributed by atoms with Crippen LogP contribution in [-0.2, 0) is 30.9 Å². The first-order valence-electron chi connectivity index (χ1n) is 13.8. The van der Waals surface area contributed by atoms with Gasteiger partial charge in [0.2, 0.25) is 11.6 Å². The van der Waals surface area contributed by atoms with Crippen molar-refractivity contribution in [2.24, 2.45) is 9.98 Å². The van der Waals surface area contributed by atoms with Crippen molar-refractivity contribution >= 4 is 33.9 Å². The molecule has 0 bridgehead atoms. The van der Waals surface area contributed by atoms with Crippen LogP contribution in [0.5, 0.6) is 0 Å². The van der Waals surface area contributed by atoms with Gasteiger partial charge in [0.25, 0.3) is 0 Å². The predicted molar refractivity (Wildman–Crippen MR) is 149 cm³/mol. The van der Waals surface area contributed by atoms with Crippen molar-refractivity contribution in [3.05, 3.63) is 80.0 Å². The highest BCUT2D eigenvalue weighted by atomic mass is 19.4. The van der Waals surface area contributed by atoms with Crippen molar-refractivity contribution < 1.29 is 65.9 Å². The third-order valence-corrected chi connectivity index (χ3v) is 7.25. The largest absolute Gasteiger partial charge is 0.451 e. The average molecular weight is 790 g/mol. The molecule has 0 aliphatic carbocycles. The van der Waals surface area contributed by atoms with E-state index in [9.17, 15) is 60.6 Å². The van der Waals surface area contributed by atoms with E-state index in [1.807, 2.05) is 0 Å². The molecule has 0 saturated heterocycles. The van der Waals surface area contributed by atoms with E-state index in [-0.39, 0.29) is 6.07 Å². The zero-order valence-corrected chi connectivity index (χ0v) is 25.8. The second kappa shape index (κ2) is 12.6. The molecular formula is C30H5F15N10. The first kappa shape index (κ1) is 39.3. The fourth-order valence-corrected chi connectivity index (χ4v) is 5.35. The summed E-state index contributed by atoms with van der Waals surface area (Å²) in [6, 6.07) is 4.32. The van der Waals surface area contributed by atoms with E-state index < -0.39 is 133 Å². The van der Waals surface area contributed by atoms with Crippen molar-refractivity contribution in [1.29, 1.82) is 21.0 Å². The lowest BCUT2D eigenvalue weighted by atomic mass is 9.83. The van der Waals surface area contributed by atoms with Gasteiger partial charge < -0.3 is 0 Å². The monoisotopic (exact) mass is 790 g/mol. The first-order valence-corrected chi connectivity index (χ1v) is 13.8. The summed E-state index contributed by atoms with van der Waals surface area (Å²) < 4.78 is 214. The maximum absolute atomic E-state index is 15.3. The molecule has 2 aliphatic heterocycles. The minimum atomic E-state index is -6.09. The molecule has 10 nitrogen and oxygen atoms in total. The Morgan fingerprint density at radius 1 is 0.491 bits per heavy atom. The Hall–Kier alpha value is -6.89. The van der Waals surface area contributed by atoms with Gasteiger partial charge in [-0.1, -0.05) is 0 Å². The van der Waals surface area contributed by atoms with Gasteiger partial charge in [0.1, 0.15) is 46.7 Å². The number of halogens is 15. The molecule has 0 radical (unpaired) electrons. The fraction of sp³-hybridized carbons (Fsp3) is 0.200. The highest BCUT2D eigenvalue weighted by Crippen LogP contribution is 2.60. The van der Waals surface area contributed by atoms with E-state index in [1.54, 1.807) is 0 Å². The minimum Gasteiger partial charge on any atom is -0.245 e. The van der Waals surface area contributed by atoms with Crippen LogP contribution in [-0.4, -0.2) is 31.4 Å². The van der Waals surface area contributed by atoms with Crippen molar-refractivity contribution in [3.8, 4) is 24.3 Å². The van der Waals surface area contributed by atoms with Gasteiger partial charge in [-0.25, -0.2) is 29.9 Å². The third-order valence-electron chi connectivity index (χ3n) is 7.25. The molecule has 0 amide bonds. The van der Waals surface area contributed by atoms with Crippen LogP contribution < -0.4 is 0 Å². The molecule has 1 aromatic carbocycles. The zero-order valence-electron chi connectivity index (χ0n) is 25.8. The zero-order chi connectivity index (χ0) is 41.4. The molecule has 0 spiro atoms. The second-order valence-electron chi connectivity index (χ2n) is 10.7. The van der Waals surface area contributed by atoms with E-state index in [0.717, 1.165) is 31.2 Å². The molecule has 0 atom stereocenters. The van der Waals surface area contributed by atoms with Crippen LogP contribution in [0.4, 0.5) is 77.2 Å². The lowest BCUT2D eigenvalue weighted by Crippen LogP contribution is -2.21. The van der Waals surface area contributed by atoms with Crippen LogP contribution in [0.25, 0.3) is 11.1 Å². The van der Waals surface area contributed by atoms with Crippen LogP contribution in [0.1, 0.15) is 56.7 Å². The van der Waals surface area contributed by atoms with Crippen molar-refractivity contribution in [1.82, 2.24) is 19.9 Å². The molecule has 0 unspecified atom stereocenters. The summed E-state index contributed by atoms with van der Waals surface area (Å²) in [4.78, 5) is 18.0. The van der Waals surface area contributed by atoms with Crippen LogP contribution in [0.3, 0.4) is 0 Å². The average Bonchev–Trinajstić information content (AvgIpc) is 3.61. The second-order valence-corrected chi connectivity index (χ2v) is 10.7. The van der Waals surface area contributed by atoms with Gasteiger partial charge in [0.15, 0.2) is 0 Å². The summed E-state index contributed by atoms with van der Waals surface area (Å²) in [5.74, 6) is -4.63. The first-order chi connectivity index (χ1) is 25.2. The summed E-state index contributed by atoms with van der Waals surface area (Å²) in [5, 5.41) is 38.8. The Morgan fingerprint density at radius 3 is 1.22 bits per heavy atom. The third kappa shape index (κ3) is 6.76. The number of hydrogen-bond acceptors (Lipinski definition) is 10. The molecule has 2 aromatic heterocycles. The minimum absolute atomic E-state index is 0.374. The van der Waals surface area contributed by atoms with Gasteiger partial charge in [0, 0.05) is 28.0 Å². The molecular weight excluding hydrogens is 785 g/mol. The van der Waals surface area contributed by atoms with Gasteiger partial charge >= 0.3 is 30.9 Å². The van der Waals surface area contributed by atoms with E-state index in [0.29, 0.717) is 6.07 Å². The fourth-order valence-electron chi connectivity index (χ4n) is 5.35. The number of hydrogen-bond donors (Lipinski definition) is 0. The number of benzene rings is 1. The van der Waals surface area contributed by atoms with Crippen molar-refractivity contribution in [2.75, 3.05) is 0 Å². The molecule has 5 rings (SSSR count). The quantitative estimate of drug-likeness (QED) is 0.184. The Kier molecular flexibility index (Phi) is 9.02. The van der Waals surface area contributed by atoms with E-state index >= 15 is 26.3 Å². The van der Waals surface area contributed by atoms with Gasteiger partial charge in [-0.3, -0.25) is 0 Å². The molecule has 0 fully saturated rings. The summed E-state index contributed by atoms with van der Waals surface area (Å²) in [6.07, 6.45) is -29.1. The Labute approximate surface area is 293 Å². The Bertz CT molecular complexity index is 2450. The number of alkyl halides is 15. The summed E-state index contributed by atoms with van der Waals surface area (Å²) >= 11 is 0. The van der Waals surface area contributed by atoms with E-state index in [1.165, 1.54) is 0 Å². The van der Waals surface area contributed by atoms with E-state index in [2.05, 4.69) is 29.9 Å². The van der Waals surface area contributed by atoms with Crippen LogP contribution in [0, 0.1) is 52.2 Å². The highest BCUT2D eigenvalue weighted by Gasteiger charge is 2.53. The number of nitriles is 4. The van der Waals surface area contributed by atoms with Crippen LogP contribution in [0.15, 0.2) is 33.3 Å². The molecule has 25 heteroatoms. The number of aromatic nitrogens is 4. The molecule has 55 heavy (non-hydrogen) atoms. The SMILES string of the molecule is Cc1cc(C2=Nc3c(c(C(F)(F)F)c4c(c3C(F)(F)F)N=C(c3cc(C(F)(F)F)nc(C(F)(F)F)n3)C4=C(C#N)C#N)C2=C(C#N)C#N)nc(C(F)(F)F)n1. The normalized spacial score (nSPS) is 14.3. The molecule has 0 saturated carbocycles. The van der Waals surface area contributed by atoms with Crippen molar-refractivity contribution in [2.45, 2.75) is 37.8 Å². The maximum Gasteiger partial charge on any atom is 0.451 e. The molecule has 0 N–H and O–H groups in total. The number of fused-ring (bicyclic) bond motifs is 2. The number of aryl methyl sites for hydroxylation is 1. The van der Waals surface area contributed by atoms with Gasteiger partial charge in [-0.2, -0.15) is 86.9 Å². The topological polar surface area (TPSA) is 171 Å². The number of nitrogens with zero attached hydrogens (tertiary/aromatic N) is 10. The lowest BCUT2D eigenvalue weighted by molar-refractivity contribution is -0.153. The molecule has 280 valence electrons.